The van der Waals surface area contributed by atoms with E-state index in [9.17, 15) is 4.39 Å². The van der Waals surface area contributed by atoms with Crippen molar-refractivity contribution in [2.24, 2.45) is 11.7 Å². The zero-order chi connectivity index (χ0) is 19.0. The average Bonchev–Trinajstić information content (AvgIpc) is 2.46. The molecule has 0 aromatic heterocycles. The molecule has 2 rings (SSSR count). The first-order chi connectivity index (χ1) is 11.3. The van der Waals surface area contributed by atoms with Gasteiger partial charge in [0.15, 0.2) is 8.32 Å². The molecule has 0 bridgehead atoms. The van der Waals surface area contributed by atoms with Crippen molar-refractivity contribution in [2.75, 3.05) is 13.2 Å². The summed E-state index contributed by atoms with van der Waals surface area (Å²) in [6, 6.07) is 4.85. The highest BCUT2D eigenvalue weighted by Crippen LogP contribution is 2.41. The van der Waals surface area contributed by atoms with Gasteiger partial charge in [0.05, 0.1) is 18.2 Å². The standard InChI is InChI=1S/C19H31BrFNO2Si/c1-13-7-15(11-24-25(5,6)18(2,3)4)19(22,12-23-13)14-8-16(20)10-17(21)9-14/h8-10,13,15H,7,11-12,22H2,1-6H3/t13-,15-,19+/m0/s1. The van der Waals surface area contributed by atoms with E-state index in [1.165, 1.54) is 12.1 Å². The van der Waals surface area contributed by atoms with Gasteiger partial charge in [-0.3, -0.25) is 0 Å². The predicted molar refractivity (Wildman–Crippen MR) is 107 cm³/mol. The zero-order valence-corrected chi connectivity index (χ0v) is 18.7. The van der Waals surface area contributed by atoms with E-state index < -0.39 is 13.9 Å². The fourth-order valence-corrected chi connectivity index (χ4v) is 4.48. The molecule has 1 aromatic carbocycles. The molecule has 6 heteroatoms. The van der Waals surface area contributed by atoms with Gasteiger partial charge in [0.2, 0.25) is 0 Å². The molecule has 25 heavy (non-hydrogen) atoms. The summed E-state index contributed by atoms with van der Waals surface area (Å²) in [5.41, 5.74) is 6.79. The predicted octanol–water partition coefficient (Wildman–Crippen LogP) is 5.19. The van der Waals surface area contributed by atoms with E-state index in [2.05, 4.69) is 56.7 Å². The number of benzene rings is 1. The van der Waals surface area contributed by atoms with Crippen molar-refractivity contribution in [2.45, 2.75) is 63.9 Å². The quantitative estimate of drug-likeness (QED) is 0.666. The highest BCUT2D eigenvalue weighted by atomic mass is 79.9. The molecule has 1 aliphatic rings. The molecule has 0 spiro atoms. The molecule has 0 aliphatic carbocycles. The van der Waals surface area contributed by atoms with Crippen molar-refractivity contribution >= 4 is 24.2 Å². The summed E-state index contributed by atoms with van der Waals surface area (Å²) >= 11 is 3.37. The minimum Gasteiger partial charge on any atom is -0.416 e. The third kappa shape index (κ3) is 4.72. The van der Waals surface area contributed by atoms with Gasteiger partial charge in [-0.1, -0.05) is 36.7 Å². The Morgan fingerprint density at radius 3 is 2.56 bits per heavy atom. The van der Waals surface area contributed by atoms with Crippen molar-refractivity contribution in [1.29, 1.82) is 0 Å². The van der Waals surface area contributed by atoms with Crippen LogP contribution in [0.3, 0.4) is 0 Å². The van der Waals surface area contributed by atoms with Crippen molar-refractivity contribution in [3.05, 3.63) is 34.1 Å². The summed E-state index contributed by atoms with van der Waals surface area (Å²) in [6.07, 6.45) is 0.931. The molecule has 0 radical (unpaired) electrons. The first-order valence-electron chi connectivity index (χ1n) is 8.86. The number of halogens is 2. The number of ether oxygens (including phenoxy) is 1. The zero-order valence-electron chi connectivity index (χ0n) is 16.2. The summed E-state index contributed by atoms with van der Waals surface area (Å²) in [4.78, 5) is 0. The Morgan fingerprint density at radius 2 is 2.00 bits per heavy atom. The second-order valence-electron chi connectivity index (χ2n) is 8.82. The second-order valence-corrected chi connectivity index (χ2v) is 14.5. The molecule has 1 aromatic rings. The minimum atomic E-state index is -1.88. The van der Waals surface area contributed by atoms with Crippen molar-refractivity contribution in [1.82, 2.24) is 0 Å². The maximum atomic E-state index is 13.9. The molecule has 142 valence electrons. The van der Waals surface area contributed by atoms with E-state index in [4.69, 9.17) is 14.9 Å². The topological polar surface area (TPSA) is 44.5 Å². The van der Waals surface area contributed by atoms with Crippen LogP contribution in [0.15, 0.2) is 22.7 Å². The number of nitrogens with two attached hydrogens (primary N) is 1. The molecule has 3 nitrogen and oxygen atoms in total. The lowest BCUT2D eigenvalue weighted by molar-refractivity contribution is -0.0655. The third-order valence-electron chi connectivity index (χ3n) is 5.80. The fourth-order valence-electron chi connectivity index (χ4n) is 2.96. The van der Waals surface area contributed by atoms with E-state index >= 15 is 0 Å². The van der Waals surface area contributed by atoms with Crippen molar-refractivity contribution in [3.63, 3.8) is 0 Å². The van der Waals surface area contributed by atoms with Crippen LogP contribution in [0, 0.1) is 11.7 Å². The maximum absolute atomic E-state index is 13.9. The van der Waals surface area contributed by atoms with E-state index in [-0.39, 0.29) is 22.9 Å². The monoisotopic (exact) mass is 431 g/mol. The molecule has 1 saturated heterocycles. The summed E-state index contributed by atoms with van der Waals surface area (Å²) < 4.78 is 26.9. The van der Waals surface area contributed by atoms with Crippen LogP contribution in [0.25, 0.3) is 0 Å². The molecule has 3 atom stereocenters. The van der Waals surface area contributed by atoms with Crippen LogP contribution in [-0.4, -0.2) is 27.6 Å². The smallest absolute Gasteiger partial charge is 0.191 e. The lowest BCUT2D eigenvalue weighted by Gasteiger charge is -2.46. The summed E-state index contributed by atoms with van der Waals surface area (Å²) in [6.45, 7) is 14.2. The largest absolute Gasteiger partial charge is 0.416 e. The van der Waals surface area contributed by atoms with Gasteiger partial charge < -0.3 is 14.9 Å². The molecular weight excluding hydrogens is 401 g/mol. The molecule has 1 fully saturated rings. The minimum absolute atomic E-state index is 0.0825. The van der Waals surface area contributed by atoms with Gasteiger partial charge in [-0.2, -0.15) is 0 Å². The SMILES string of the molecule is C[C@H]1C[C@@H](CO[Si](C)(C)C(C)(C)C)[C@](N)(c2cc(F)cc(Br)c2)CO1. The van der Waals surface area contributed by atoms with Crippen molar-refractivity contribution in [3.8, 4) is 0 Å². The van der Waals surface area contributed by atoms with E-state index in [0.29, 0.717) is 17.7 Å². The Kier molecular flexibility index (Phi) is 6.22. The molecule has 1 heterocycles. The van der Waals surface area contributed by atoms with Crippen LogP contribution in [0.4, 0.5) is 4.39 Å². The van der Waals surface area contributed by atoms with Crippen LogP contribution < -0.4 is 5.73 Å². The lowest BCUT2D eigenvalue weighted by Crippen LogP contribution is -2.56. The maximum Gasteiger partial charge on any atom is 0.191 e. The summed E-state index contributed by atoms with van der Waals surface area (Å²) in [5, 5.41) is 0.142. The van der Waals surface area contributed by atoms with Crippen LogP contribution in [0.1, 0.15) is 39.7 Å². The van der Waals surface area contributed by atoms with Gasteiger partial charge in [0.1, 0.15) is 5.82 Å². The van der Waals surface area contributed by atoms with Gasteiger partial charge >= 0.3 is 0 Å². The fraction of sp³-hybridized carbons (Fsp3) is 0.684. The van der Waals surface area contributed by atoms with Crippen molar-refractivity contribution < 1.29 is 13.6 Å². The summed E-state index contributed by atoms with van der Waals surface area (Å²) in [7, 11) is -1.88. The first kappa shape index (κ1) is 21.0. The highest BCUT2D eigenvalue weighted by Gasteiger charge is 2.44. The normalized spacial score (nSPS) is 28.2. The van der Waals surface area contributed by atoms with Gasteiger partial charge in [0.25, 0.3) is 0 Å². The Morgan fingerprint density at radius 1 is 1.36 bits per heavy atom. The van der Waals surface area contributed by atoms with Gasteiger partial charge in [0, 0.05) is 17.0 Å². The Hall–Kier alpha value is -0.273. The van der Waals surface area contributed by atoms with Gasteiger partial charge in [-0.15, -0.1) is 0 Å². The molecule has 0 unspecified atom stereocenters. The van der Waals surface area contributed by atoms with E-state index in [1.807, 2.05) is 6.07 Å². The average molecular weight is 432 g/mol. The van der Waals surface area contributed by atoms with Crippen LogP contribution >= 0.6 is 15.9 Å². The van der Waals surface area contributed by atoms with Crippen LogP contribution in [-0.2, 0) is 14.7 Å². The van der Waals surface area contributed by atoms with Gasteiger partial charge in [-0.05, 0) is 55.2 Å². The number of hydrogen-bond acceptors (Lipinski definition) is 3. The Bertz CT molecular complexity index is 600. The Labute approximate surface area is 160 Å². The summed E-state index contributed by atoms with van der Waals surface area (Å²) in [5.74, 6) is -0.212. The number of rotatable bonds is 4. The van der Waals surface area contributed by atoms with Crippen LogP contribution in [0.2, 0.25) is 18.1 Å². The van der Waals surface area contributed by atoms with E-state index in [0.717, 1.165) is 12.0 Å². The first-order valence-corrected chi connectivity index (χ1v) is 12.6. The number of hydrogen-bond donors (Lipinski definition) is 1. The highest BCUT2D eigenvalue weighted by molar-refractivity contribution is 9.10. The van der Waals surface area contributed by atoms with E-state index in [1.54, 1.807) is 0 Å². The Balaban J connectivity index is 2.28. The lowest BCUT2D eigenvalue weighted by atomic mass is 9.75. The third-order valence-corrected chi connectivity index (χ3v) is 10.8. The second kappa shape index (κ2) is 7.39. The molecule has 0 saturated carbocycles. The van der Waals surface area contributed by atoms with Gasteiger partial charge in [-0.25, -0.2) is 4.39 Å². The molecular formula is C19H31BrFNO2Si. The van der Waals surface area contributed by atoms with Crippen LogP contribution in [0.5, 0.6) is 0 Å². The molecule has 2 N–H and O–H groups in total. The molecule has 0 amide bonds. The molecule has 1 aliphatic heterocycles.